The van der Waals surface area contributed by atoms with E-state index in [4.69, 9.17) is 10.8 Å². The van der Waals surface area contributed by atoms with Gasteiger partial charge in [-0.3, -0.25) is 14.4 Å². The highest BCUT2D eigenvalue weighted by Crippen LogP contribution is 2.29. The highest BCUT2D eigenvalue weighted by molar-refractivity contribution is 5.82. The first-order valence-electron chi connectivity index (χ1n) is 5.65. The number of nitrogens with zero attached hydrogens (tertiary/aromatic N) is 1. The Morgan fingerprint density at radius 3 is 2.53 bits per heavy atom. The van der Waals surface area contributed by atoms with E-state index in [9.17, 15) is 14.4 Å². The van der Waals surface area contributed by atoms with E-state index in [1.807, 2.05) is 0 Å². The van der Waals surface area contributed by atoms with Crippen LogP contribution >= 0.6 is 0 Å². The fraction of sp³-hybridized carbons (Fsp3) is 0.727. The summed E-state index contributed by atoms with van der Waals surface area (Å²) < 4.78 is 0. The van der Waals surface area contributed by atoms with Gasteiger partial charge in [-0.2, -0.15) is 0 Å². The van der Waals surface area contributed by atoms with E-state index in [0.717, 1.165) is 0 Å². The number of hydrogen-bond acceptors (Lipinski definition) is 3. The Morgan fingerprint density at radius 1 is 1.47 bits per heavy atom. The first-order valence-corrected chi connectivity index (χ1v) is 5.65. The van der Waals surface area contributed by atoms with Gasteiger partial charge in [0.15, 0.2) is 0 Å². The van der Waals surface area contributed by atoms with Crippen molar-refractivity contribution in [1.29, 1.82) is 0 Å². The number of rotatable bonds is 4. The van der Waals surface area contributed by atoms with E-state index >= 15 is 0 Å². The van der Waals surface area contributed by atoms with E-state index < -0.39 is 23.8 Å². The van der Waals surface area contributed by atoms with Crippen LogP contribution in [0, 0.1) is 11.8 Å². The maximum absolute atomic E-state index is 11.8. The Labute approximate surface area is 99.8 Å². The Morgan fingerprint density at radius 2 is 2.06 bits per heavy atom. The van der Waals surface area contributed by atoms with Crippen molar-refractivity contribution < 1.29 is 19.5 Å². The van der Waals surface area contributed by atoms with Gasteiger partial charge in [0.25, 0.3) is 0 Å². The minimum atomic E-state index is -0.901. The molecule has 0 radical (unpaired) electrons. The molecule has 3 unspecified atom stereocenters. The number of carbonyl (C=O) groups is 3. The van der Waals surface area contributed by atoms with Crippen LogP contribution in [0.2, 0.25) is 0 Å². The molecular weight excluding hydrogens is 224 g/mol. The normalized spacial score (nSPS) is 29.2. The number of primary amides is 1. The monoisotopic (exact) mass is 242 g/mol. The van der Waals surface area contributed by atoms with Crippen molar-refractivity contribution in [3.05, 3.63) is 0 Å². The topological polar surface area (TPSA) is 101 Å². The number of nitrogens with two attached hydrogens (primary N) is 1. The summed E-state index contributed by atoms with van der Waals surface area (Å²) in [6.07, 6.45) is 0.275. The maximum atomic E-state index is 11.8. The smallest absolute Gasteiger partial charge is 0.308 e. The summed E-state index contributed by atoms with van der Waals surface area (Å²) in [5, 5.41) is 9.13. The fourth-order valence-electron chi connectivity index (χ4n) is 2.42. The predicted octanol–water partition coefficient (Wildman–Crippen LogP) is -0.180. The van der Waals surface area contributed by atoms with Gasteiger partial charge >= 0.3 is 5.97 Å². The average Bonchev–Trinajstić information content (AvgIpc) is 2.14. The molecule has 1 aliphatic heterocycles. The molecule has 3 N–H and O–H groups in total. The number of carbonyl (C=O) groups excluding carboxylic acids is 2. The van der Waals surface area contributed by atoms with Gasteiger partial charge < -0.3 is 15.7 Å². The molecule has 1 aliphatic rings. The van der Waals surface area contributed by atoms with Crippen molar-refractivity contribution in [2.75, 3.05) is 6.54 Å². The zero-order valence-electron chi connectivity index (χ0n) is 10.0. The Hall–Kier alpha value is -1.59. The van der Waals surface area contributed by atoms with E-state index in [1.54, 1.807) is 13.8 Å². The number of aliphatic carboxylic acids is 1. The number of amides is 2. The molecule has 0 aromatic rings. The van der Waals surface area contributed by atoms with Crippen molar-refractivity contribution >= 4 is 17.8 Å². The summed E-state index contributed by atoms with van der Waals surface area (Å²) in [6.45, 7) is 3.66. The van der Waals surface area contributed by atoms with Gasteiger partial charge in [-0.05, 0) is 12.8 Å². The summed E-state index contributed by atoms with van der Waals surface area (Å²) >= 11 is 0. The van der Waals surface area contributed by atoms with Crippen molar-refractivity contribution in [1.82, 2.24) is 4.90 Å². The summed E-state index contributed by atoms with van der Waals surface area (Å²) in [6, 6.07) is -0.400. The van der Waals surface area contributed by atoms with Gasteiger partial charge in [0.05, 0.1) is 5.92 Å². The quantitative estimate of drug-likeness (QED) is 0.714. The highest BCUT2D eigenvalue weighted by Gasteiger charge is 2.41. The zero-order valence-corrected chi connectivity index (χ0v) is 10.0. The van der Waals surface area contributed by atoms with Crippen molar-refractivity contribution in [3.8, 4) is 0 Å². The molecular formula is C11H18N2O4. The van der Waals surface area contributed by atoms with Gasteiger partial charge in [-0.25, -0.2) is 0 Å². The van der Waals surface area contributed by atoms with Crippen molar-refractivity contribution in [3.63, 3.8) is 0 Å². The third-order valence-electron chi connectivity index (χ3n) is 3.33. The minimum absolute atomic E-state index is 0.0663. The lowest BCUT2D eigenvalue weighted by Gasteiger charge is -2.40. The molecule has 6 nitrogen and oxygen atoms in total. The second-order valence-electron chi connectivity index (χ2n) is 4.59. The number of likely N-dealkylation sites (tertiary alicyclic amines) is 1. The molecule has 0 aromatic heterocycles. The minimum Gasteiger partial charge on any atom is -0.481 e. The van der Waals surface area contributed by atoms with Gasteiger partial charge in [-0.1, -0.05) is 6.92 Å². The predicted molar refractivity (Wildman–Crippen MR) is 59.9 cm³/mol. The fourth-order valence-corrected chi connectivity index (χ4v) is 2.42. The zero-order chi connectivity index (χ0) is 13.2. The summed E-state index contributed by atoms with van der Waals surface area (Å²) in [5.41, 5.74) is 5.03. The third kappa shape index (κ3) is 2.95. The van der Waals surface area contributed by atoms with E-state index in [1.165, 1.54) is 4.90 Å². The van der Waals surface area contributed by atoms with Crippen LogP contribution in [0.4, 0.5) is 0 Å². The molecule has 2 amide bonds. The average molecular weight is 242 g/mol. The molecule has 1 saturated heterocycles. The third-order valence-corrected chi connectivity index (χ3v) is 3.33. The molecule has 6 heteroatoms. The van der Waals surface area contributed by atoms with Crippen LogP contribution in [0.3, 0.4) is 0 Å². The number of carboxylic acids is 1. The lowest BCUT2D eigenvalue weighted by Crippen LogP contribution is -2.53. The maximum Gasteiger partial charge on any atom is 0.308 e. The lowest BCUT2D eigenvalue weighted by molar-refractivity contribution is -0.154. The Bertz CT molecular complexity index is 342. The number of piperidine rings is 1. The Kier molecular flexibility index (Phi) is 4.09. The molecule has 0 aromatic carbocycles. The van der Waals surface area contributed by atoms with Gasteiger partial charge in [0, 0.05) is 25.4 Å². The molecule has 0 saturated carbocycles. The van der Waals surface area contributed by atoms with E-state index in [0.29, 0.717) is 0 Å². The van der Waals surface area contributed by atoms with Crippen LogP contribution in [-0.2, 0) is 14.4 Å². The summed E-state index contributed by atoms with van der Waals surface area (Å²) in [7, 11) is 0. The van der Waals surface area contributed by atoms with Crippen LogP contribution < -0.4 is 5.73 Å². The van der Waals surface area contributed by atoms with Gasteiger partial charge in [0.2, 0.25) is 11.8 Å². The molecule has 1 rings (SSSR count). The van der Waals surface area contributed by atoms with Gasteiger partial charge in [-0.15, -0.1) is 0 Å². The van der Waals surface area contributed by atoms with Crippen LogP contribution in [0.15, 0.2) is 0 Å². The Balaban J connectivity index is 2.78. The largest absolute Gasteiger partial charge is 0.481 e. The van der Waals surface area contributed by atoms with E-state index in [2.05, 4.69) is 0 Å². The van der Waals surface area contributed by atoms with Crippen LogP contribution in [0.5, 0.6) is 0 Å². The second kappa shape index (κ2) is 5.16. The molecule has 0 bridgehead atoms. The number of carboxylic acid groups (broad SMARTS) is 1. The highest BCUT2D eigenvalue weighted by atomic mass is 16.4. The first kappa shape index (κ1) is 13.5. The lowest BCUT2D eigenvalue weighted by atomic mass is 9.81. The molecule has 1 heterocycles. The van der Waals surface area contributed by atoms with Crippen LogP contribution in [0.1, 0.15) is 26.7 Å². The van der Waals surface area contributed by atoms with Gasteiger partial charge in [0.1, 0.15) is 0 Å². The standard InChI is InChI=1S/C11H18N2O4/c1-6-5-9(15)13(4-3-8(12)14)7(2)10(6)11(16)17/h6-7,10H,3-5H2,1-2H3,(H2,12,14)(H,16,17). The van der Waals surface area contributed by atoms with Crippen LogP contribution in [0.25, 0.3) is 0 Å². The second-order valence-corrected chi connectivity index (χ2v) is 4.59. The SMILES string of the molecule is CC1CC(=O)N(CCC(N)=O)C(C)C1C(=O)O. The molecule has 0 aliphatic carbocycles. The van der Waals surface area contributed by atoms with Crippen molar-refractivity contribution in [2.45, 2.75) is 32.7 Å². The van der Waals surface area contributed by atoms with Crippen molar-refractivity contribution in [2.24, 2.45) is 17.6 Å². The first-order chi connectivity index (χ1) is 7.84. The van der Waals surface area contributed by atoms with Crippen LogP contribution in [-0.4, -0.2) is 40.4 Å². The number of hydrogen-bond donors (Lipinski definition) is 2. The summed E-state index contributed by atoms with van der Waals surface area (Å²) in [4.78, 5) is 35.1. The molecule has 3 atom stereocenters. The van der Waals surface area contributed by atoms with E-state index in [-0.39, 0.29) is 31.2 Å². The molecule has 17 heavy (non-hydrogen) atoms. The molecule has 0 spiro atoms. The summed E-state index contributed by atoms with van der Waals surface area (Å²) in [5.74, 6) is -2.26. The molecule has 1 fully saturated rings. The molecule has 96 valence electrons.